The van der Waals surface area contributed by atoms with Gasteiger partial charge in [-0.15, -0.1) is 0 Å². The molecule has 134 valence electrons. The van der Waals surface area contributed by atoms with Crippen molar-refractivity contribution in [2.75, 3.05) is 26.2 Å². The van der Waals surface area contributed by atoms with Gasteiger partial charge < -0.3 is 15.1 Å². The molecule has 1 aliphatic carbocycles. The number of hydrogen-bond acceptors (Lipinski definition) is 3. The van der Waals surface area contributed by atoms with E-state index in [0.717, 1.165) is 24.4 Å². The number of nitrogens with one attached hydrogen (secondary N) is 1. The van der Waals surface area contributed by atoms with Gasteiger partial charge in [-0.05, 0) is 49.4 Å². The monoisotopic (exact) mass is 361 g/mol. The summed E-state index contributed by atoms with van der Waals surface area (Å²) in [6.07, 6.45) is 3.88. The third kappa shape index (κ3) is 3.53. The van der Waals surface area contributed by atoms with E-state index in [9.17, 15) is 9.59 Å². The predicted molar refractivity (Wildman–Crippen MR) is 96.1 cm³/mol. The fraction of sp³-hybridized carbons (Fsp3) is 0.579. The molecule has 0 spiro atoms. The lowest BCUT2D eigenvalue weighted by molar-refractivity contribution is -0.146. The van der Waals surface area contributed by atoms with Gasteiger partial charge in [-0.2, -0.15) is 0 Å². The number of fused-ring (bicyclic) bond motifs is 1. The summed E-state index contributed by atoms with van der Waals surface area (Å²) in [5.74, 6) is 0.967. The lowest BCUT2D eigenvalue weighted by Crippen LogP contribution is -2.52. The maximum absolute atomic E-state index is 12.5. The molecule has 2 bridgehead atoms. The summed E-state index contributed by atoms with van der Waals surface area (Å²) < 4.78 is 0. The molecule has 1 N–H and O–H groups in total. The average molecular weight is 362 g/mol. The van der Waals surface area contributed by atoms with Gasteiger partial charge in [0.1, 0.15) is 0 Å². The number of halogens is 1. The summed E-state index contributed by atoms with van der Waals surface area (Å²) in [5, 5.41) is 4.25. The minimum absolute atomic E-state index is 0.0235. The summed E-state index contributed by atoms with van der Waals surface area (Å²) in [6.45, 7) is 3.11. The zero-order chi connectivity index (χ0) is 17.4. The SMILES string of the molecule is O=C(CCC12CC(CN1)C2)N1CCN(Cc2ccc(Cl)cc2)C(=O)C1. The normalized spacial score (nSPS) is 28.2. The summed E-state index contributed by atoms with van der Waals surface area (Å²) in [6, 6.07) is 7.55. The van der Waals surface area contributed by atoms with Gasteiger partial charge >= 0.3 is 0 Å². The van der Waals surface area contributed by atoms with E-state index in [-0.39, 0.29) is 23.9 Å². The van der Waals surface area contributed by atoms with Gasteiger partial charge in [0.25, 0.3) is 0 Å². The molecule has 3 saturated heterocycles. The molecule has 0 unspecified atom stereocenters. The van der Waals surface area contributed by atoms with Crippen molar-refractivity contribution in [3.8, 4) is 0 Å². The van der Waals surface area contributed by atoms with Crippen LogP contribution >= 0.6 is 11.6 Å². The van der Waals surface area contributed by atoms with Crippen LogP contribution in [0.5, 0.6) is 0 Å². The molecule has 25 heavy (non-hydrogen) atoms. The number of nitrogens with zero attached hydrogens (tertiary/aromatic N) is 2. The van der Waals surface area contributed by atoms with Gasteiger partial charge in [0, 0.05) is 36.6 Å². The largest absolute Gasteiger partial charge is 0.335 e. The minimum atomic E-state index is 0.0235. The van der Waals surface area contributed by atoms with E-state index in [2.05, 4.69) is 5.32 Å². The number of carbonyl (C=O) groups is 2. The zero-order valence-corrected chi connectivity index (χ0v) is 15.1. The molecule has 2 amide bonds. The van der Waals surface area contributed by atoms with Crippen molar-refractivity contribution in [2.45, 2.75) is 37.8 Å². The number of amides is 2. The fourth-order valence-corrected chi connectivity index (χ4v) is 4.52. The fourth-order valence-electron chi connectivity index (χ4n) is 4.39. The molecule has 1 aromatic rings. The van der Waals surface area contributed by atoms with E-state index in [1.54, 1.807) is 4.90 Å². The predicted octanol–water partition coefficient (Wildman–Crippen LogP) is 2.04. The van der Waals surface area contributed by atoms with Gasteiger partial charge in [-0.25, -0.2) is 0 Å². The van der Waals surface area contributed by atoms with E-state index in [1.165, 1.54) is 12.8 Å². The maximum atomic E-state index is 12.5. The van der Waals surface area contributed by atoms with Gasteiger partial charge in [-0.1, -0.05) is 23.7 Å². The van der Waals surface area contributed by atoms with Crippen molar-refractivity contribution in [3.63, 3.8) is 0 Å². The highest BCUT2D eigenvalue weighted by molar-refractivity contribution is 6.30. The van der Waals surface area contributed by atoms with Crippen molar-refractivity contribution in [1.29, 1.82) is 0 Å². The molecule has 4 fully saturated rings. The zero-order valence-electron chi connectivity index (χ0n) is 14.3. The molecular formula is C19H24ClN3O2. The molecule has 0 aromatic heterocycles. The van der Waals surface area contributed by atoms with E-state index >= 15 is 0 Å². The second-order valence-corrected chi connectivity index (χ2v) is 8.13. The van der Waals surface area contributed by atoms with Gasteiger partial charge in [0.2, 0.25) is 11.8 Å². The van der Waals surface area contributed by atoms with E-state index in [1.807, 2.05) is 29.2 Å². The van der Waals surface area contributed by atoms with Crippen LogP contribution in [0.15, 0.2) is 24.3 Å². The Balaban J connectivity index is 1.26. The Morgan fingerprint density at radius 2 is 2.00 bits per heavy atom. The first-order valence-corrected chi connectivity index (χ1v) is 9.46. The Morgan fingerprint density at radius 1 is 1.24 bits per heavy atom. The third-order valence-corrected chi connectivity index (χ3v) is 6.15. The minimum Gasteiger partial charge on any atom is -0.335 e. The lowest BCUT2D eigenvalue weighted by Gasteiger charge is -2.39. The van der Waals surface area contributed by atoms with Crippen LogP contribution in [0.2, 0.25) is 5.02 Å². The number of hydrogen-bond donors (Lipinski definition) is 1. The third-order valence-electron chi connectivity index (χ3n) is 5.90. The topological polar surface area (TPSA) is 52.7 Å². The van der Waals surface area contributed by atoms with Gasteiger partial charge in [0.05, 0.1) is 6.54 Å². The maximum Gasteiger partial charge on any atom is 0.242 e. The number of carbonyl (C=O) groups excluding carboxylic acids is 2. The van der Waals surface area contributed by atoms with E-state index in [0.29, 0.717) is 31.1 Å². The first-order chi connectivity index (χ1) is 12.0. The molecule has 0 radical (unpaired) electrons. The number of rotatable bonds is 5. The Morgan fingerprint density at radius 3 is 2.64 bits per heavy atom. The van der Waals surface area contributed by atoms with E-state index < -0.39 is 0 Å². The molecule has 5 rings (SSSR count). The Labute approximate surface area is 153 Å². The van der Waals surface area contributed by atoms with Crippen molar-refractivity contribution in [1.82, 2.24) is 15.1 Å². The van der Waals surface area contributed by atoms with Crippen LogP contribution in [-0.2, 0) is 16.1 Å². The van der Waals surface area contributed by atoms with Crippen LogP contribution in [0, 0.1) is 5.92 Å². The molecule has 6 heteroatoms. The van der Waals surface area contributed by atoms with Crippen LogP contribution in [0.3, 0.4) is 0 Å². The highest BCUT2D eigenvalue weighted by Crippen LogP contribution is 2.46. The summed E-state index contributed by atoms with van der Waals surface area (Å²) >= 11 is 5.90. The second kappa shape index (κ2) is 6.61. The second-order valence-electron chi connectivity index (χ2n) is 7.69. The molecule has 5 nitrogen and oxygen atoms in total. The first kappa shape index (κ1) is 16.9. The van der Waals surface area contributed by atoms with Crippen molar-refractivity contribution >= 4 is 23.4 Å². The average Bonchev–Trinajstić information content (AvgIpc) is 3.17. The van der Waals surface area contributed by atoms with Crippen molar-refractivity contribution in [3.05, 3.63) is 34.9 Å². The summed E-state index contributed by atoms with van der Waals surface area (Å²) in [5.41, 5.74) is 1.28. The van der Waals surface area contributed by atoms with E-state index in [4.69, 9.17) is 11.6 Å². The lowest BCUT2D eigenvalue weighted by atomic mass is 9.71. The van der Waals surface area contributed by atoms with Crippen molar-refractivity contribution in [2.24, 2.45) is 5.92 Å². The van der Waals surface area contributed by atoms with Crippen LogP contribution in [0.1, 0.15) is 31.2 Å². The molecule has 4 aliphatic rings. The standard InChI is InChI=1S/C19H24ClN3O2/c20-16-3-1-14(2-4-16)12-22-7-8-23(13-18(22)25)17(24)5-6-19-9-15(10-19)11-21-19/h1-4,15,21H,5-13H2. The molecular weight excluding hydrogens is 338 g/mol. The van der Waals surface area contributed by atoms with Crippen LogP contribution in [0.25, 0.3) is 0 Å². The summed E-state index contributed by atoms with van der Waals surface area (Å²) in [7, 11) is 0. The van der Waals surface area contributed by atoms with Crippen LogP contribution in [0.4, 0.5) is 0 Å². The van der Waals surface area contributed by atoms with Crippen LogP contribution in [-0.4, -0.2) is 53.3 Å². The molecule has 1 aromatic carbocycles. The summed E-state index contributed by atoms with van der Waals surface area (Å²) in [4.78, 5) is 28.4. The Hall–Kier alpha value is -1.59. The highest BCUT2D eigenvalue weighted by Gasteiger charge is 2.49. The smallest absolute Gasteiger partial charge is 0.242 e. The number of piperazine rings is 1. The molecule has 3 aliphatic heterocycles. The van der Waals surface area contributed by atoms with Gasteiger partial charge in [0.15, 0.2) is 0 Å². The number of benzene rings is 1. The Bertz CT molecular complexity index is 664. The molecule has 3 heterocycles. The highest BCUT2D eigenvalue weighted by atomic mass is 35.5. The van der Waals surface area contributed by atoms with Gasteiger partial charge in [-0.3, -0.25) is 9.59 Å². The molecule has 1 saturated carbocycles. The Kier molecular flexibility index (Phi) is 4.46. The quantitative estimate of drug-likeness (QED) is 0.873. The molecule has 0 atom stereocenters. The van der Waals surface area contributed by atoms with Crippen LogP contribution < -0.4 is 5.32 Å². The van der Waals surface area contributed by atoms with Crippen molar-refractivity contribution < 1.29 is 9.59 Å². The first-order valence-electron chi connectivity index (χ1n) is 9.08.